The van der Waals surface area contributed by atoms with Crippen LogP contribution >= 0.6 is 0 Å². The number of benzene rings is 1. The highest BCUT2D eigenvalue weighted by Crippen LogP contribution is 2.23. The molecule has 2 rings (SSSR count). The van der Waals surface area contributed by atoms with E-state index in [9.17, 15) is 8.78 Å². The van der Waals surface area contributed by atoms with Gasteiger partial charge in [0.15, 0.2) is 0 Å². The molecule has 1 aromatic heterocycles. The lowest BCUT2D eigenvalue weighted by atomic mass is 10.2. The Morgan fingerprint density at radius 2 is 1.88 bits per heavy atom. The van der Waals surface area contributed by atoms with Crippen molar-refractivity contribution in [1.82, 2.24) is 4.98 Å². The van der Waals surface area contributed by atoms with Gasteiger partial charge >= 0.3 is 0 Å². The molecule has 0 saturated carbocycles. The normalized spacial score (nSPS) is 10.3. The molecule has 0 spiro atoms. The van der Waals surface area contributed by atoms with Gasteiger partial charge in [-0.1, -0.05) is 6.07 Å². The van der Waals surface area contributed by atoms with Crippen molar-refractivity contribution in [3.63, 3.8) is 0 Å². The van der Waals surface area contributed by atoms with Gasteiger partial charge in [0.2, 0.25) is 0 Å². The third-order valence-corrected chi connectivity index (χ3v) is 2.36. The van der Waals surface area contributed by atoms with Crippen LogP contribution in [0, 0.1) is 18.6 Å². The van der Waals surface area contributed by atoms with Crippen LogP contribution in [0.2, 0.25) is 0 Å². The molecule has 17 heavy (non-hydrogen) atoms. The fourth-order valence-electron chi connectivity index (χ4n) is 1.35. The van der Waals surface area contributed by atoms with Crippen molar-refractivity contribution in [2.45, 2.75) is 6.92 Å². The van der Waals surface area contributed by atoms with Gasteiger partial charge in [0.05, 0.1) is 0 Å². The Bertz CT molecular complexity index is 535. The van der Waals surface area contributed by atoms with Crippen molar-refractivity contribution in [2.75, 3.05) is 11.1 Å². The third-order valence-electron chi connectivity index (χ3n) is 2.36. The minimum absolute atomic E-state index is 0.233. The fourth-order valence-corrected chi connectivity index (χ4v) is 1.35. The predicted octanol–water partition coefficient (Wildman–Crippen LogP) is 2.99. The van der Waals surface area contributed by atoms with Crippen LogP contribution in [0.4, 0.5) is 26.0 Å². The number of anilines is 3. The maximum absolute atomic E-state index is 13.4. The summed E-state index contributed by atoms with van der Waals surface area (Å²) < 4.78 is 26.7. The standard InChI is InChI=1S/C12H11F2N3/c1-7-6-16-11(5-10(7)15)17-12-8(13)3-2-4-9(12)14/h2-6H,1H3,(H3,15,16,17). The van der Waals surface area contributed by atoms with Gasteiger partial charge < -0.3 is 11.1 Å². The molecule has 2 aromatic rings. The Hall–Kier alpha value is -2.17. The smallest absolute Gasteiger partial charge is 0.149 e. The number of para-hydroxylation sites is 1. The molecule has 0 aliphatic rings. The molecule has 0 aliphatic heterocycles. The van der Waals surface area contributed by atoms with Crippen LogP contribution in [0.3, 0.4) is 0 Å². The van der Waals surface area contributed by atoms with Crippen LogP contribution in [0.25, 0.3) is 0 Å². The summed E-state index contributed by atoms with van der Waals surface area (Å²) in [6.07, 6.45) is 1.54. The molecule has 1 heterocycles. The lowest BCUT2D eigenvalue weighted by Gasteiger charge is -2.09. The van der Waals surface area contributed by atoms with Gasteiger partial charge in [-0.15, -0.1) is 0 Å². The summed E-state index contributed by atoms with van der Waals surface area (Å²) in [4.78, 5) is 3.99. The first-order chi connectivity index (χ1) is 8.08. The van der Waals surface area contributed by atoms with E-state index in [0.717, 1.165) is 5.56 Å². The minimum atomic E-state index is -0.675. The average molecular weight is 235 g/mol. The minimum Gasteiger partial charge on any atom is -0.398 e. The van der Waals surface area contributed by atoms with Crippen LogP contribution in [0.1, 0.15) is 5.56 Å². The molecule has 0 atom stereocenters. The van der Waals surface area contributed by atoms with E-state index >= 15 is 0 Å². The van der Waals surface area contributed by atoms with E-state index in [4.69, 9.17) is 5.73 Å². The van der Waals surface area contributed by atoms with Crippen molar-refractivity contribution in [1.29, 1.82) is 0 Å². The van der Waals surface area contributed by atoms with Crippen molar-refractivity contribution >= 4 is 17.2 Å². The van der Waals surface area contributed by atoms with Crippen LogP contribution < -0.4 is 11.1 Å². The number of aryl methyl sites for hydroxylation is 1. The Balaban J connectivity index is 2.35. The SMILES string of the molecule is Cc1cnc(Nc2c(F)cccc2F)cc1N. The average Bonchev–Trinajstić information content (AvgIpc) is 2.28. The summed E-state index contributed by atoms with van der Waals surface area (Å²) in [5.41, 5.74) is 6.77. The highest BCUT2D eigenvalue weighted by molar-refractivity contribution is 5.62. The summed E-state index contributed by atoms with van der Waals surface area (Å²) in [5.74, 6) is -1.05. The molecule has 0 amide bonds. The number of halogens is 2. The van der Waals surface area contributed by atoms with Crippen molar-refractivity contribution < 1.29 is 8.78 Å². The van der Waals surface area contributed by atoms with Gasteiger partial charge in [-0.3, -0.25) is 0 Å². The highest BCUT2D eigenvalue weighted by atomic mass is 19.1. The maximum Gasteiger partial charge on any atom is 0.149 e. The largest absolute Gasteiger partial charge is 0.398 e. The summed E-state index contributed by atoms with van der Waals surface area (Å²) >= 11 is 0. The molecule has 0 bridgehead atoms. The molecule has 0 unspecified atom stereocenters. The van der Waals surface area contributed by atoms with Gasteiger partial charge in [0.1, 0.15) is 23.1 Å². The molecule has 3 nitrogen and oxygen atoms in total. The molecule has 0 saturated heterocycles. The molecule has 5 heteroatoms. The highest BCUT2D eigenvalue weighted by Gasteiger charge is 2.09. The lowest BCUT2D eigenvalue weighted by Crippen LogP contribution is -2.01. The summed E-state index contributed by atoms with van der Waals surface area (Å²) in [6, 6.07) is 5.17. The number of hydrogen-bond acceptors (Lipinski definition) is 3. The van der Waals surface area contributed by atoms with Crippen LogP contribution in [0.5, 0.6) is 0 Å². The van der Waals surface area contributed by atoms with Gasteiger partial charge in [-0.25, -0.2) is 13.8 Å². The van der Waals surface area contributed by atoms with E-state index in [2.05, 4.69) is 10.3 Å². The fraction of sp³-hybridized carbons (Fsp3) is 0.0833. The first-order valence-electron chi connectivity index (χ1n) is 5.01. The molecule has 0 fully saturated rings. The first-order valence-corrected chi connectivity index (χ1v) is 5.01. The monoisotopic (exact) mass is 235 g/mol. The van der Waals surface area contributed by atoms with Gasteiger partial charge in [0.25, 0.3) is 0 Å². The second-order valence-electron chi connectivity index (χ2n) is 3.65. The topological polar surface area (TPSA) is 50.9 Å². The van der Waals surface area contributed by atoms with Gasteiger partial charge in [-0.05, 0) is 24.6 Å². The number of nitrogens with two attached hydrogens (primary N) is 1. The molecular weight excluding hydrogens is 224 g/mol. The summed E-state index contributed by atoms with van der Waals surface area (Å²) in [6.45, 7) is 1.80. The molecular formula is C12H11F2N3. The number of nitrogen functional groups attached to an aromatic ring is 1. The number of hydrogen-bond donors (Lipinski definition) is 2. The lowest BCUT2D eigenvalue weighted by molar-refractivity contribution is 0.590. The second kappa shape index (κ2) is 4.37. The Kier molecular flexibility index (Phi) is 2.91. The molecule has 0 radical (unpaired) electrons. The molecule has 3 N–H and O–H groups in total. The Morgan fingerprint density at radius 3 is 2.47 bits per heavy atom. The molecule has 1 aromatic carbocycles. The zero-order chi connectivity index (χ0) is 12.4. The number of nitrogens with zero attached hydrogens (tertiary/aromatic N) is 1. The number of aromatic nitrogens is 1. The van der Waals surface area contributed by atoms with Crippen molar-refractivity contribution in [2.24, 2.45) is 0 Å². The van der Waals surface area contributed by atoms with E-state index in [0.29, 0.717) is 11.5 Å². The van der Waals surface area contributed by atoms with E-state index in [1.54, 1.807) is 6.92 Å². The Morgan fingerprint density at radius 1 is 1.24 bits per heavy atom. The zero-order valence-corrected chi connectivity index (χ0v) is 9.17. The Labute approximate surface area is 97.3 Å². The zero-order valence-electron chi connectivity index (χ0n) is 9.17. The number of pyridine rings is 1. The third kappa shape index (κ3) is 2.33. The van der Waals surface area contributed by atoms with Gasteiger partial charge in [-0.2, -0.15) is 0 Å². The molecule has 88 valence electrons. The maximum atomic E-state index is 13.4. The number of rotatable bonds is 2. The quantitative estimate of drug-likeness (QED) is 0.841. The second-order valence-corrected chi connectivity index (χ2v) is 3.65. The van der Waals surface area contributed by atoms with E-state index in [1.165, 1.54) is 30.5 Å². The van der Waals surface area contributed by atoms with E-state index < -0.39 is 11.6 Å². The van der Waals surface area contributed by atoms with E-state index in [1.807, 2.05) is 0 Å². The summed E-state index contributed by atoms with van der Waals surface area (Å²) in [7, 11) is 0. The predicted molar refractivity (Wildman–Crippen MR) is 63.0 cm³/mol. The van der Waals surface area contributed by atoms with Crippen molar-refractivity contribution in [3.8, 4) is 0 Å². The van der Waals surface area contributed by atoms with Crippen LogP contribution in [-0.4, -0.2) is 4.98 Å². The summed E-state index contributed by atoms with van der Waals surface area (Å²) in [5, 5.41) is 2.57. The first kappa shape index (κ1) is 11.3. The number of nitrogens with one attached hydrogen (secondary N) is 1. The van der Waals surface area contributed by atoms with Crippen LogP contribution in [-0.2, 0) is 0 Å². The van der Waals surface area contributed by atoms with Gasteiger partial charge in [0, 0.05) is 18.0 Å². The van der Waals surface area contributed by atoms with Crippen LogP contribution in [0.15, 0.2) is 30.5 Å². The van der Waals surface area contributed by atoms with Crippen molar-refractivity contribution in [3.05, 3.63) is 47.7 Å². The molecule has 0 aliphatic carbocycles. The van der Waals surface area contributed by atoms with E-state index in [-0.39, 0.29) is 5.69 Å².